The Labute approximate surface area is 99.4 Å². The average Bonchev–Trinajstić information content (AvgIpc) is 2.15. The molecule has 15 heavy (non-hydrogen) atoms. The second kappa shape index (κ2) is 5.31. The van der Waals surface area contributed by atoms with Crippen LogP contribution in [-0.4, -0.2) is 29.2 Å². The Balaban J connectivity index is 2.76. The van der Waals surface area contributed by atoms with Crippen LogP contribution in [0.15, 0.2) is 24.3 Å². The highest BCUT2D eigenvalue weighted by Gasteiger charge is 2.12. The maximum absolute atomic E-state index is 11.9. The van der Waals surface area contributed by atoms with E-state index in [1.165, 1.54) is 0 Å². The molecule has 1 amide bonds. The number of alkyl halides is 1. The molecule has 0 aromatic heterocycles. The standard InChI is InChI=1S/C12H16BrNO/c1-9-5-4-6-11(7-9)12(15)14(3)8-10(2)13/h4-7,10H,8H2,1-3H3. The molecule has 0 aliphatic carbocycles. The lowest BCUT2D eigenvalue weighted by atomic mass is 10.1. The van der Waals surface area contributed by atoms with Gasteiger partial charge in [0, 0.05) is 24.0 Å². The maximum atomic E-state index is 11.9. The average molecular weight is 270 g/mol. The van der Waals surface area contributed by atoms with Gasteiger partial charge in [-0.15, -0.1) is 0 Å². The summed E-state index contributed by atoms with van der Waals surface area (Å²) >= 11 is 3.44. The van der Waals surface area contributed by atoms with Crippen molar-refractivity contribution in [3.8, 4) is 0 Å². The van der Waals surface area contributed by atoms with Gasteiger partial charge in [0.05, 0.1) is 0 Å². The molecule has 1 aromatic rings. The highest BCUT2D eigenvalue weighted by molar-refractivity contribution is 9.09. The molecule has 1 atom stereocenters. The van der Waals surface area contributed by atoms with Gasteiger partial charge in [-0.05, 0) is 19.1 Å². The summed E-state index contributed by atoms with van der Waals surface area (Å²) in [7, 11) is 1.82. The van der Waals surface area contributed by atoms with Crippen molar-refractivity contribution in [3.63, 3.8) is 0 Å². The molecule has 82 valence electrons. The van der Waals surface area contributed by atoms with E-state index < -0.39 is 0 Å². The van der Waals surface area contributed by atoms with E-state index >= 15 is 0 Å². The van der Waals surface area contributed by atoms with E-state index in [9.17, 15) is 4.79 Å². The first-order chi connectivity index (χ1) is 7.00. The van der Waals surface area contributed by atoms with Gasteiger partial charge in [0.25, 0.3) is 5.91 Å². The molecule has 0 saturated carbocycles. The van der Waals surface area contributed by atoms with Crippen molar-refractivity contribution in [3.05, 3.63) is 35.4 Å². The van der Waals surface area contributed by atoms with Gasteiger partial charge in [0.2, 0.25) is 0 Å². The Morgan fingerprint density at radius 3 is 2.73 bits per heavy atom. The lowest BCUT2D eigenvalue weighted by Crippen LogP contribution is -2.31. The van der Waals surface area contributed by atoms with E-state index in [0.717, 1.165) is 11.1 Å². The number of hydrogen-bond acceptors (Lipinski definition) is 1. The molecule has 0 aliphatic heterocycles. The van der Waals surface area contributed by atoms with E-state index in [0.29, 0.717) is 11.4 Å². The van der Waals surface area contributed by atoms with Gasteiger partial charge in [0.15, 0.2) is 0 Å². The summed E-state index contributed by atoms with van der Waals surface area (Å²) in [6, 6.07) is 7.67. The lowest BCUT2D eigenvalue weighted by molar-refractivity contribution is 0.0797. The second-order valence-corrected chi connectivity index (χ2v) is 5.40. The number of hydrogen-bond donors (Lipinski definition) is 0. The minimum Gasteiger partial charge on any atom is -0.341 e. The maximum Gasteiger partial charge on any atom is 0.253 e. The van der Waals surface area contributed by atoms with Gasteiger partial charge in [-0.2, -0.15) is 0 Å². The van der Waals surface area contributed by atoms with Gasteiger partial charge >= 0.3 is 0 Å². The van der Waals surface area contributed by atoms with Crippen molar-refractivity contribution < 1.29 is 4.79 Å². The third-order valence-electron chi connectivity index (χ3n) is 2.14. The number of rotatable bonds is 3. The first-order valence-corrected chi connectivity index (χ1v) is 5.88. The Hall–Kier alpha value is -0.830. The Morgan fingerprint density at radius 2 is 2.20 bits per heavy atom. The molecule has 0 radical (unpaired) electrons. The van der Waals surface area contributed by atoms with E-state index in [1.807, 2.05) is 45.2 Å². The summed E-state index contributed by atoms with van der Waals surface area (Å²) in [4.78, 5) is 14.0. The third kappa shape index (κ3) is 3.67. The summed E-state index contributed by atoms with van der Waals surface area (Å²) in [6.45, 7) is 4.73. The van der Waals surface area contributed by atoms with Gasteiger partial charge < -0.3 is 4.90 Å². The smallest absolute Gasteiger partial charge is 0.253 e. The van der Waals surface area contributed by atoms with Crippen LogP contribution in [0.25, 0.3) is 0 Å². The van der Waals surface area contributed by atoms with Crippen molar-refractivity contribution in [2.24, 2.45) is 0 Å². The molecule has 0 fully saturated rings. The Kier molecular flexibility index (Phi) is 4.33. The van der Waals surface area contributed by atoms with Crippen molar-refractivity contribution >= 4 is 21.8 Å². The minimum absolute atomic E-state index is 0.0741. The van der Waals surface area contributed by atoms with E-state index in [4.69, 9.17) is 0 Å². The van der Waals surface area contributed by atoms with Crippen LogP contribution < -0.4 is 0 Å². The number of aryl methyl sites for hydroxylation is 1. The zero-order valence-electron chi connectivity index (χ0n) is 9.33. The molecule has 1 unspecified atom stereocenters. The molecular formula is C12H16BrNO. The SMILES string of the molecule is Cc1cccc(C(=O)N(C)CC(C)Br)c1. The molecule has 1 rings (SSSR count). The summed E-state index contributed by atoms with van der Waals surface area (Å²) in [6.07, 6.45) is 0. The molecular weight excluding hydrogens is 254 g/mol. The molecule has 0 N–H and O–H groups in total. The van der Waals surface area contributed by atoms with Gasteiger partial charge in [-0.3, -0.25) is 4.79 Å². The quantitative estimate of drug-likeness (QED) is 0.773. The van der Waals surface area contributed by atoms with Crippen LogP contribution in [0.4, 0.5) is 0 Å². The molecule has 3 heteroatoms. The fraction of sp³-hybridized carbons (Fsp3) is 0.417. The van der Waals surface area contributed by atoms with Crippen LogP contribution >= 0.6 is 15.9 Å². The topological polar surface area (TPSA) is 20.3 Å². The summed E-state index contributed by atoms with van der Waals surface area (Å²) in [5, 5.41) is 0. The predicted molar refractivity (Wildman–Crippen MR) is 66.5 cm³/mol. The van der Waals surface area contributed by atoms with Crippen LogP contribution in [0.5, 0.6) is 0 Å². The van der Waals surface area contributed by atoms with E-state index in [2.05, 4.69) is 15.9 Å². The van der Waals surface area contributed by atoms with E-state index in [-0.39, 0.29) is 5.91 Å². The molecule has 1 aromatic carbocycles. The number of carbonyl (C=O) groups excluding carboxylic acids is 1. The highest BCUT2D eigenvalue weighted by Crippen LogP contribution is 2.08. The number of amides is 1. The van der Waals surface area contributed by atoms with Crippen LogP contribution in [0.1, 0.15) is 22.8 Å². The molecule has 0 bridgehead atoms. The van der Waals surface area contributed by atoms with Crippen LogP contribution in [0.3, 0.4) is 0 Å². The number of halogens is 1. The number of benzene rings is 1. The molecule has 2 nitrogen and oxygen atoms in total. The number of nitrogens with zero attached hydrogens (tertiary/aromatic N) is 1. The zero-order chi connectivity index (χ0) is 11.4. The van der Waals surface area contributed by atoms with Crippen LogP contribution in [0, 0.1) is 6.92 Å². The second-order valence-electron chi connectivity index (χ2n) is 3.84. The Bertz CT molecular complexity index is 349. The molecule has 0 saturated heterocycles. The Morgan fingerprint density at radius 1 is 1.53 bits per heavy atom. The predicted octanol–water partition coefficient (Wildman–Crippen LogP) is 2.85. The van der Waals surface area contributed by atoms with Crippen LogP contribution in [0.2, 0.25) is 0 Å². The summed E-state index contributed by atoms with van der Waals surface area (Å²) < 4.78 is 0. The fourth-order valence-electron chi connectivity index (χ4n) is 1.46. The normalized spacial score (nSPS) is 12.3. The van der Waals surface area contributed by atoms with Crippen molar-refractivity contribution in [2.45, 2.75) is 18.7 Å². The third-order valence-corrected chi connectivity index (χ3v) is 2.43. The van der Waals surface area contributed by atoms with Crippen molar-refractivity contribution in [2.75, 3.05) is 13.6 Å². The van der Waals surface area contributed by atoms with Crippen LogP contribution in [-0.2, 0) is 0 Å². The first-order valence-electron chi connectivity index (χ1n) is 4.97. The minimum atomic E-state index is 0.0741. The fourth-order valence-corrected chi connectivity index (χ4v) is 1.89. The van der Waals surface area contributed by atoms with Gasteiger partial charge in [-0.1, -0.05) is 40.5 Å². The largest absolute Gasteiger partial charge is 0.341 e. The van der Waals surface area contributed by atoms with E-state index in [1.54, 1.807) is 4.90 Å². The van der Waals surface area contributed by atoms with Gasteiger partial charge in [-0.25, -0.2) is 0 Å². The molecule has 0 heterocycles. The lowest BCUT2D eigenvalue weighted by Gasteiger charge is -2.18. The van der Waals surface area contributed by atoms with Crippen molar-refractivity contribution in [1.82, 2.24) is 4.90 Å². The summed E-state index contributed by atoms with van der Waals surface area (Å²) in [5.41, 5.74) is 1.87. The van der Waals surface area contributed by atoms with Gasteiger partial charge in [0.1, 0.15) is 0 Å². The highest BCUT2D eigenvalue weighted by atomic mass is 79.9. The zero-order valence-corrected chi connectivity index (χ0v) is 10.9. The van der Waals surface area contributed by atoms with Crippen molar-refractivity contribution in [1.29, 1.82) is 0 Å². The number of carbonyl (C=O) groups is 1. The summed E-state index contributed by atoms with van der Waals surface area (Å²) in [5.74, 6) is 0.0741. The first kappa shape index (κ1) is 12.2. The monoisotopic (exact) mass is 269 g/mol. The molecule has 0 spiro atoms. The molecule has 0 aliphatic rings.